The van der Waals surface area contributed by atoms with E-state index in [0.717, 1.165) is 19.4 Å². The SMILES string of the molecule is COc1cccc(OC)c1S(=O)(=O)NCC1CCCN1. The Morgan fingerprint density at radius 1 is 1.30 bits per heavy atom. The molecule has 1 aromatic rings. The van der Waals surface area contributed by atoms with Gasteiger partial charge in [0.05, 0.1) is 14.2 Å². The van der Waals surface area contributed by atoms with Crippen LogP contribution in [-0.2, 0) is 10.0 Å². The van der Waals surface area contributed by atoms with Crippen molar-refractivity contribution in [3.63, 3.8) is 0 Å². The van der Waals surface area contributed by atoms with Crippen molar-refractivity contribution in [1.29, 1.82) is 0 Å². The summed E-state index contributed by atoms with van der Waals surface area (Å²) in [6.45, 7) is 1.30. The number of methoxy groups -OCH3 is 2. The Morgan fingerprint density at radius 2 is 1.95 bits per heavy atom. The topological polar surface area (TPSA) is 76.7 Å². The predicted molar refractivity (Wildman–Crippen MR) is 75.8 cm³/mol. The van der Waals surface area contributed by atoms with E-state index in [1.807, 2.05) is 0 Å². The summed E-state index contributed by atoms with van der Waals surface area (Å²) in [7, 11) is -0.800. The molecular formula is C13H20N2O4S. The molecule has 1 aromatic carbocycles. The molecule has 112 valence electrons. The average molecular weight is 300 g/mol. The Balaban J connectivity index is 2.23. The van der Waals surface area contributed by atoms with E-state index in [-0.39, 0.29) is 22.4 Å². The Morgan fingerprint density at radius 3 is 2.45 bits per heavy atom. The number of ether oxygens (including phenoxy) is 2. The molecule has 1 fully saturated rings. The molecule has 2 N–H and O–H groups in total. The van der Waals surface area contributed by atoms with E-state index >= 15 is 0 Å². The zero-order valence-electron chi connectivity index (χ0n) is 11.7. The Hall–Kier alpha value is -1.31. The van der Waals surface area contributed by atoms with Gasteiger partial charge in [0.2, 0.25) is 10.0 Å². The smallest absolute Gasteiger partial charge is 0.248 e. The van der Waals surface area contributed by atoms with Gasteiger partial charge >= 0.3 is 0 Å². The third kappa shape index (κ3) is 3.23. The maximum absolute atomic E-state index is 12.4. The standard InChI is InChI=1S/C13H20N2O4S/c1-18-11-6-3-7-12(19-2)13(11)20(16,17)15-9-10-5-4-8-14-10/h3,6-7,10,14-15H,4-5,8-9H2,1-2H3. The van der Waals surface area contributed by atoms with Gasteiger partial charge in [-0.15, -0.1) is 0 Å². The minimum Gasteiger partial charge on any atom is -0.495 e. The molecule has 20 heavy (non-hydrogen) atoms. The minimum absolute atomic E-state index is 0.0444. The number of nitrogens with one attached hydrogen (secondary N) is 2. The summed E-state index contributed by atoms with van der Waals surface area (Å²) in [4.78, 5) is 0.0444. The molecular weight excluding hydrogens is 280 g/mol. The third-order valence-corrected chi connectivity index (χ3v) is 4.82. The van der Waals surface area contributed by atoms with Crippen LogP contribution < -0.4 is 19.5 Å². The first-order valence-corrected chi connectivity index (χ1v) is 8.01. The van der Waals surface area contributed by atoms with Gasteiger partial charge in [-0.05, 0) is 31.5 Å². The summed E-state index contributed by atoms with van der Waals surface area (Å²) in [5, 5.41) is 3.25. The Bertz CT molecular complexity index is 531. The second-order valence-corrected chi connectivity index (χ2v) is 6.34. The molecule has 0 bridgehead atoms. The van der Waals surface area contributed by atoms with Crippen LogP contribution in [0.15, 0.2) is 23.1 Å². The van der Waals surface area contributed by atoms with E-state index in [0.29, 0.717) is 6.54 Å². The normalized spacial score (nSPS) is 19.0. The summed E-state index contributed by atoms with van der Waals surface area (Å²) in [6, 6.07) is 5.08. The first-order chi connectivity index (χ1) is 9.58. The molecule has 0 radical (unpaired) electrons. The van der Waals surface area contributed by atoms with Crippen molar-refractivity contribution in [1.82, 2.24) is 10.0 Å². The van der Waals surface area contributed by atoms with E-state index in [2.05, 4.69) is 10.0 Å². The molecule has 1 unspecified atom stereocenters. The lowest BCUT2D eigenvalue weighted by molar-refractivity contribution is 0.372. The maximum atomic E-state index is 12.4. The van der Waals surface area contributed by atoms with Gasteiger partial charge in [0.1, 0.15) is 11.5 Å². The highest BCUT2D eigenvalue weighted by Crippen LogP contribution is 2.32. The van der Waals surface area contributed by atoms with Crippen LogP contribution in [-0.4, -0.2) is 41.8 Å². The summed E-state index contributed by atoms with van der Waals surface area (Å²) in [5.74, 6) is 0.549. The lowest BCUT2D eigenvalue weighted by atomic mass is 10.2. The number of hydrogen-bond donors (Lipinski definition) is 2. The van der Waals surface area contributed by atoms with Crippen molar-refractivity contribution in [2.45, 2.75) is 23.8 Å². The van der Waals surface area contributed by atoms with Crippen molar-refractivity contribution < 1.29 is 17.9 Å². The van der Waals surface area contributed by atoms with Gasteiger partial charge in [0, 0.05) is 12.6 Å². The molecule has 0 aromatic heterocycles. The number of hydrogen-bond acceptors (Lipinski definition) is 5. The first-order valence-electron chi connectivity index (χ1n) is 6.52. The number of benzene rings is 1. The molecule has 6 nitrogen and oxygen atoms in total. The van der Waals surface area contributed by atoms with Crippen LogP contribution in [0.3, 0.4) is 0 Å². The van der Waals surface area contributed by atoms with Crippen LogP contribution in [0.25, 0.3) is 0 Å². The van der Waals surface area contributed by atoms with Crippen LogP contribution in [0.5, 0.6) is 11.5 Å². The highest BCUT2D eigenvalue weighted by Gasteiger charge is 2.26. The number of sulfonamides is 1. The van der Waals surface area contributed by atoms with E-state index in [1.165, 1.54) is 14.2 Å². The molecule has 0 saturated carbocycles. The van der Waals surface area contributed by atoms with Gasteiger partial charge in [0.15, 0.2) is 4.90 Å². The molecule has 7 heteroatoms. The molecule has 0 spiro atoms. The summed E-state index contributed by atoms with van der Waals surface area (Å²) in [5.41, 5.74) is 0. The van der Waals surface area contributed by atoms with Crippen LogP contribution >= 0.6 is 0 Å². The van der Waals surface area contributed by atoms with Gasteiger partial charge in [-0.1, -0.05) is 6.07 Å². The molecule has 2 rings (SSSR count). The zero-order valence-corrected chi connectivity index (χ0v) is 12.5. The Labute approximate surface area is 119 Å². The minimum atomic E-state index is -3.67. The summed E-state index contributed by atoms with van der Waals surface area (Å²) >= 11 is 0. The highest BCUT2D eigenvalue weighted by atomic mass is 32.2. The van der Waals surface area contributed by atoms with Crippen LogP contribution in [0, 0.1) is 0 Å². The van der Waals surface area contributed by atoms with Crippen molar-refractivity contribution in [2.75, 3.05) is 27.3 Å². The lowest BCUT2D eigenvalue weighted by Crippen LogP contribution is -2.37. The Kier molecular flexibility index (Phi) is 4.85. The molecule has 1 saturated heterocycles. The second kappa shape index (κ2) is 6.43. The number of rotatable bonds is 6. The zero-order chi connectivity index (χ0) is 14.6. The summed E-state index contributed by atoms with van der Waals surface area (Å²) < 4.78 is 37.8. The van der Waals surface area contributed by atoms with Gasteiger partial charge in [-0.2, -0.15) is 0 Å². The summed E-state index contributed by atoms with van der Waals surface area (Å²) in [6.07, 6.45) is 2.05. The van der Waals surface area contributed by atoms with Crippen molar-refractivity contribution >= 4 is 10.0 Å². The van der Waals surface area contributed by atoms with Gasteiger partial charge in [-0.25, -0.2) is 13.1 Å². The van der Waals surface area contributed by atoms with E-state index < -0.39 is 10.0 Å². The monoisotopic (exact) mass is 300 g/mol. The average Bonchev–Trinajstić information content (AvgIpc) is 2.97. The van der Waals surface area contributed by atoms with Crippen LogP contribution in [0.4, 0.5) is 0 Å². The molecule has 1 atom stereocenters. The largest absolute Gasteiger partial charge is 0.495 e. The maximum Gasteiger partial charge on any atom is 0.248 e. The fourth-order valence-electron chi connectivity index (χ4n) is 2.30. The van der Waals surface area contributed by atoms with Crippen LogP contribution in [0.1, 0.15) is 12.8 Å². The second-order valence-electron chi connectivity index (χ2n) is 4.64. The van der Waals surface area contributed by atoms with Crippen molar-refractivity contribution in [2.24, 2.45) is 0 Å². The third-order valence-electron chi connectivity index (χ3n) is 3.33. The van der Waals surface area contributed by atoms with Gasteiger partial charge < -0.3 is 14.8 Å². The lowest BCUT2D eigenvalue weighted by Gasteiger charge is -2.16. The van der Waals surface area contributed by atoms with Crippen molar-refractivity contribution in [3.05, 3.63) is 18.2 Å². The molecule has 0 amide bonds. The quantitative estimate of drug-likeness (QED) is 0.810. The molecule has 1 heterocycles. The van der Waals surface area contributed by atoms with Crippen molar-refractivity contribution in [3.8, 4) is 11.5 Å². The fourth-order valence-corrected chi connectivity index (χ4v) is 3.69. The predicted octanol–water partition coefficient (Wildman–Crippen LogP) is 0.734. The molecule has 1 aliphatic heterocycles. The molecule has 1 aliphatic rings. The first kappa shape index (κ1) is 15.1. The van der Waals surface area contributed by atoms with Gasteiger partial charge in [0.25, 0.3) is 0 Å². The van der Waals surface area contributed by atoms with Gasteiger partial charge in [-0.3, -0.25) is 0 Å². The highest BCUT2D eigenvalue weighted by molar-refractivity contribution is 7.89. The molecule has 0 aliphatic carbocycles. The van der Waals surface area contributed by atoms with E-state index in [9.17, 15) is 8.42 Å². The van der Waals surface area contributed by atoms with E-state index in [1.54, 1.807) is 18.2 Å². The van der Waals surface area contributed by atoms with Crippen LogP contribution in [0.2, 0.25) is 0 Å². The fraction of sp³-hybridized carbons (Fsp3) is 0.538. The van der Waals surface area contributed by atoms with E-state index in [4.69, 9.17) is 9.47 Å².